The molecule has 2 aliphatic heterocycles. The Morgan fingerprint density at radius 3 is 2.66 bits per heavy atom. The molecule has 0 unspecified atom stereocenters. The summed E-state index contributed by atoms with van der Waals surface area (Å²) < 4.78 is 5.65. The number of hydrogen-bond acceptors (Lipinski definition) is 5. The van der Waals surface area contributed by atoms with E-state index in [-0.39, 0.29) is 12.6 Å². The molecule has 0 saturated carbocycles. The average Bonchev–Trinajstić information content (AvgIpc) is 3.42. The molecule has 8 heteroatoms. The van der Waals surface area contributed by atoms with Crippen molar-refractivity contribution < 1.29 is 19.1 Å². The summed E-state index contributed by atoms with van der Waals surface area (Å²) in [5.41, 5.74) is 0.349. The summed E-state index contributed by atoms with van der Waals surface area (Å²) in [5.74, 6) is -0.269. The third-order valence-corrected chi connectivity index (χ3v) is 6.76. The molecule has 4 amide bonds. The Labute approximate surface area is 189 Å². The molecule has 3 heterocycles. The van der Waals surface area contributed by atoms with Gasteiger partial charge in [-0.1, -0.05) is 54.6 Å². The maximum atomic E-state index is 13.4. The van der Waals surface area contributed by atoms with Crippen molar-refractivity contribution in [3.05, 3.63) is 88.1 Å². The first-order valence-electron chi connectivity index (χ1n) is 10.3. The summed E-state index contributed by atoms with van der Waals surface area (Å²) >= 11 is 1.53. The number of rotatable bonds is 5. The predicted octanol–water partition coefficient (Wildman–Crippen LogP) is 3.18. The SMILES string of the molecule is O=C(CN1C(=O)N[C@@]2(CCOc3ccccc32)C1=O)N[C@H](c1ccccc1)c1cccs1. The van der Waals surface area contributed by atoms with Crippen LogP contribution in [0.15, 0.2) is 72.1 Å². The smallest absolute Gasteiger partial charge is 0.325 e. The fourth-order valence-electron chi connectivity index (χ4n) is 4.29. The van der Waals surface area contributed by atoms with E-state index in [0.717, 1.165) is 15.3 Å². The maximum absolute atomic E-state index is 13.4. The number of imide groups is 1. The normalized spacial score (nSPS) is 20.4. The first-order valence-corrected chi connectivity index (χ1v) is 11.2. The topological polar surface area (TPSA) is 87.7 Å². The van der Waals surface area contributed by atoms with Gasteiger partial charge in [0.05, 0.1) is 12.6 Å². The zero-order valence-corrected chi connectivity index (χ0v) is 17.9. The molecular weight excluding hydrogens is 426 g/mol. The number of carbonyl (C=O) groups excluding carboxylic acids is 3. The molecule has 7 nitrogen and oxygen atoms in total. The van der Waals surface area contributed by atoms with Gasteiger partial charge in [-0.05, 0) is 23.1 Å². The van der Waals surface area contributed by atoms with Crippen LogP contribution in [0.5, 0.6) is 5.75 Å². The summed E-state index contributed by atoms with van der Waals surface area (Å²) in [6.07, 6.45) is 0.314. The zero-order chi connectivity index (χ0) is 22.1. The number of amides is 4. The number of fused-ring (bicyclic) bond motifs is 2. The molecule has 2 atom stereocenters. The molecule has 0 aliphatic carbocycles. The molecule has 5 rings (SSSR count). The van der Waals surface area contributed by atoms with Crippen LogP contribution in [0.3, 0.4) is 0 Å². The van der Waals surface area contributed by atoms with Gasteiger partial charge < -0.3 is 15.4 Å². The number of urea groups is 1. The van der Waals surface area contributed by atoms with Crippen LogP contribution in [0.1, 0.15) is 28.5 Å². The lowest BCUT2D eigenvalue weighted by Crippen LogP contribution is -2.48. The quantitative estimate of drug-likeness (QED) is 0.588. The second-order valence-corrected chi connectivity index (χ2v) is 8.73. The molecule has 1 saturated heterocycles. The van der Waals surface area contributed by atoms with Gasteiger partial charge in [0.1, 0.15) is 12.3 Å². The van der Waals surface area contributed by atoms with Crippen molar-refractivity contribution in [3.63, 3.8) is 0 Å². The van der Waals surface area contributed by atoms with Gasteiger partial charge in [-0.3, -0.25) is 14.5 Å². The van der Waals surface area contributed by atoms with Crippen molar-refractivity contribution in [1.29, 1.82) is 0 Å². The van der Waals surface area contributed by atoms with E-state index in [9.17, 15) is 14.4 Å². The molecular formula is C24H21N3O4S. The van der Waals surface area contributed by atoms with Gasteiger partial charge in [-0.15, -0.1) is 11.3 Å². The molecule has 1 spiro atoms. The summed E-state index contributed by atoms with van der Waals surface area (Å²) in [4.78, 5) is 41.1. The Hall–Kier alpha value is -3.65. The van der Waals surface area contributed by atoms with Crippen molar-refractivity contribution in [2.24, 2.45) is 0 Å². The minimum absolute atomic E-state index is 0.303. The maximum Gasteiger partial charge on any atom is 0.325 e. The molecule has 32 heavy (non-hydrogen) atoms. The fraction of sp³-hybridized carbons (Fsp3) is 0.208. The number of nitrogens with zero attached hydrogens (tertiary/aromatic N) is 1. The molecule has 3 aromatic rings. The van der Waals surface area contributed by atoms with E-state index < -0.39 is 23.4 Å². The van der Waals surface area contributed by atoms with E-state index >= 15 is 0 Å². The highest BCUT2D eigenvalue weighted by Crippen LogP contribution is 2.40. The third kappa shape index (κ3) is 3.42. The van der Waals surface area contributed by atoms with Crippen molar-refractivity contribution in [3.8, 4) is 5.75 Å². The van der Waals surface area contributed by atoms with Crippen LogP contribution < -0.4 is 15.4 Å². The number of benzene rings is 2. The zero-order valence-electron chi connectivity index (χ0n) is 17.1. The van der Waals surface area contributed by atoms with Gasteiger partial charge in [-0.2, -0.15) is 0 Å². The molecule has 2 aromatic carbocycles. The van der Waals surface area contributed by atoms with Crippen LogP contribution >= 0.6 is 11.3 Å². The molecule has 2 aliphatic rings. The molecule has 2 N–H and O–H groups in total. The van der Waals surface area contributed by atoms with Gasteiger partial charge in [0.2, 0.25) is 5.91 Å². The van der Waals surface area contributed by atoms with Crippen molar-refractivity contribution in [2.75, 3.05) is 13.2 Å². The lowest BCUT2D eigenvalue weighted by molar-refractivity contribution is -0.136. The van der Waals surface area contributed by atoms with Crippen LogP contribution in [0.4, 0.5) is 4.79 Å². The van der Waals surface area contributed by atoms with E-state index in [2.05, 4.69) is 10.6 Å². The number of ether oxygens (including phenoxy) is 1. The van der Waals surface area contributed by atoms with E-state index in [1.165, 1.54) is 11.3 Å². The fourth-order valence-corrected chi connectivity index (χ4v) is 5.09. The van der Waals surface area contributed by atoms with Crippen LogP contribution in [0.25, 0.3) is 0 Å². The van der Waals surface area contributed by atoms with E-state index in [1.54, 1.807) is 18.2 Å². The van der Waals surface area contributed by atoms with Crippen LogP contribution in [-0.4, -0.2) is 35.9 Å². The monoisotopic (exact) mass is 447 g/mol. The number of hydrogen-bond donors (Lipinski definition) is 2. The third-order valence-electron chi connectivity index (χ3n) is 5.82. The number of para-hydroxylation sites is 1. The van der Waals surface area contributed by atoms with Gasteiger partial charge in [0.25, 0.3) is 5.91 Å². The highest BCUT2D eigenvalue weighted by Gasteiger charge is 2.55. The highest BCUT2D eigenvalue weighted by molar-refractivity contribution is 7.10. The second-order valence-electron chi connectivity index (χ2n) is 7.75. The van der Waals surface area contributed by atoms with Crippen LogP contribution in [0.2, 0.25) is 0 Å². The largest absolute Gasteiger partial charge is 0.493 e. The van der Waals surface area contributed by atoms with Crippen LogP contribution in [0, 0.1) is 0 Å². The first-order chi connectivity index (χ1) is 15.6. The minimum atomic E-state index is -1.20. The van der Waals surface area contributed by atoms with E-state index in [0.29, 0.717) is 24.3 Å². The Bertz CT molecular complexity index is 1170. The Morgan fingerprint density at radius 1 is 1.09 bits per heavy atom. The average molecular weight is 448 g/mol. The van der Waals surface area contributed by atoms with E-state index in [4.69, 9.17) is 4.74 Å². The number of nitrogens with one attached hydrogen (secondary N) is 2. The molecule has 1 fully saturated rings. The van der Waals surface area contributed by atoms with Gasteiger partial charge in [0.15, 0.2) is 5.54 Å². The Balaban J connectivity index is 1.37. The molecule has 1 aromatic heterocycles. The van der Waals surface area contributed by atoms with Crippen LogP contribution in [-0.2, 0) is 15.1 Å². The minimum Gasteiger partial charge on any atom is -0.493 e. The lowest BCUT2D eigenvalue weighted by atomic mass is 9.84. The lowest BCUT2D eigenvalue weighted by Gasteiger charge is -2.33. The Kier molecular flexibility index (Phi) is 5.14. The number of carbonyl (C=O) groups is 3. The van der Waals surface area contributed by atoms with E-state index in [1.807, 2.05) is 53.9 Å². The predicted molar refractivity (Wildman–Crippen MR) is 119 cm³/mol. The highest BCUT2D eigenvalue weighted by atomic mass is 32.1. The Morgan fingerprint density at radius 2 is 1.88 bits per heavy atom. The van der Waals surface area contributed by atoms with Gasteiger partial charge in [0, 0.05) is 16.9 Å². The standard InChI is InChI=1S/C24H21N3O4S/c28-20(25-21(19-11-6-14-32-19)16-7-2-1-3-8-16)15-27-22(29)24(26-23(27)30)12-13-31-18-10-5-4-9-17(18)24/h1-11,14,21H,12-13,15H2,(H,25,28)(H,26,30)/t21-,24-/m1/s1. The molecule has 0 bridgehead atoms. The summed E-state index contributed by atoms with van der Waals surface area (Å²) in [6, 6.07) is 19.7. The summed E-state index contributed by atoms with van der Waals surface area (Å²) in [7, 11) is 0. The molecule has 162 valence electrons. The van der Waals surface area contributed by atoms with Crippen molar-refractivity contribution >= 4 is 29.2 Å². The number of thiophene rings is 1. The van der Waals surface area contributed by atoms with Crippen molar-refractivity contribution in [2.45, 2.75) is 18.0 Å². The summed E-state index contributed by atoms with van der Waals surface area (Å²) in [5, 5.41) is 7.76. The summed E-state index contributed by atoms with van der Waals surface area (Å²) in [6.45, 7) is -0.0539. The van der Waals surface area contributed by atoms with Gasteiger partial charge >= 0.3 is 6.03 Å². The van der Waals surface area contributed by atoms with Gasteiger partial charge in [-0.25, -0.2) is 4.79 Å². The second kappa shape index (κ2) is 8.12. The molecule has 0 radical (unpaired) electrons. The first kappa shape index (κ1) is 20.3. The van der Waals surface area contributed by atoms with Crippen molar-refractivity contribution in [1.82, 2.24) is 15.5 Å².